The fourth-order valence-corrected chi connectivity index (χ4v) is 1.32. The molecular formula is C7H5N3O2S. The smallest absolute Gasteiger partial charge is 0.275 e. The molecule has 2 heterocycles. The van der Waals surface area contributed by atoms with E-state index in [4.69, 9.17) is 0 Å². The van der Waals surface area contributed by atoms with Crippen LogP contribution >= 0.6 is 11.3 Å². The van der Waals surface area contributed by atoms with Gasteiger partial charge in [0.05, 0.1) is 11.7 Å². The van der Waals surface area contributed by atoms with Crippen LogP contribution in [0.15, 0.2) is 27.9 Å². The maximum absolute atomic E-state index is 11.3. The minimum Gasteiger partial charge on any atom is -0.363 e. The van der Waals surface area contributed by atoms with Gasteiger partial charge >= 0.3 is 0 Å². The van der Waals surface area contributed by atoms with Crippen molar-refractivity contribution in [1.82, 2.24) is 10.1 Å². The van der Waals surface area contributed by atoms with Crippen LogP contribution in [0.2, 0.25) is 0 Å². The Morgan fingerprint density at radius 3 is 3.15 bits per heavy atom. The van der Waals surface area contributed by atoms with Gasteiger partial charge in [-0.15, -0.1) is 11.3 Å². The van der Waals surface area contributed by atoms with E-state index in [2.05, 4.69) is 20.0 Å². The van der Waals surface area contributed by atoms with Crippen molar-refractivity contribution in [3.63, 3.8) is 0 Å². The Bertz CT molecular complexity index is 382. The average Bonchev–Trinajstić information content (AvgIpc) is 2.74. The molecule has 5 nitrogen and oxygen atoms in total. The summed E-state index contributed by atoms with van der Waals surface area (Å²) in [4.78, 5) is 15.2. The maximum atomic E-state index is 11.3. The Morgan fingerprint density at radius 2 is 2.54 bits per heavy atom. The summed E-state index contributed by atoms with van der Waals surface area (Å²) in [7, 11) is 0. The van der Waals surface area contributed by atoms with E-state index in [1.807, 2.05) is 0 Å². The van der Waals surface area contributed by atoms with Crippen molar-refractivity contribution >= 4 is 22.9 Å². The second-order valence-corrected chi connectivity index (χ2v) is 2.96. The van der Waals surface area contributed by atoms with Crippen molar-refractivity contribution in [1.29, 1.82) is 0 Å². The van der Waals surface area contributed by atoms with Crippen molar-refractivity contribution in [3.05, 3.63) is 29.0 Å². The zero-order valence-corrected chi connectivity index (χ0v) is 7.25. The minimum atomic E-state index is -0.260. The number of thiazole rings is 1. The number of hydrogen-bond donors (Lipinski definition) is 1. The standard InChI is InChI=1S/C7H5N3O2S/c11-7(6-3-13-4-8-6)10-5-1-9-12-2-5/h1-4H,(H,10,11). The van der Waals surface area contributed by atoms with E-state index in [0.29, 0.717) is 11.4 Å². The van der Waals surface area contributed by atoms with Crippen LogP contribution in [0.3, 0.4) is 0 Å². The predicted molar refractivity (Wildman–Crippen MR) is 46.6 cm³/mol. The third-order valence-corrected chi connectivity index (χ3v) is 1.94. The third kappa shape index (κ3) is 1.73. The normalized spacial score (nSPS) is 9.85. The highest BCUT2D eigenvalue weighted by atomic mass is 32.1. The molecule has 0 atom stereocenters. The number of hydrogen-bond acceptors (Lipinski definition) is 5. The fourth-order valence-electron chi connectivity index (χ4n) is 0.786. The largest absolute Gasteiger partial charge is 0.363 e. The second kappa shape index (κ2) is 3.36. The van der Waals surface area contributed by atoms with Crippen molar-refractivity contribution in [2.24, 2.45) is 0 Å². The number of carbonyl (C=O) groups excluding carboxylic acids is 1. The van der Waals surface area contributed by atoms with Gasteiger partial charge in [-0.2, -0.15) is 0 Å². The highest BCUT2D eigenvalue weighted by molar-refractivity contribution is 7.07. The van der Waals surface area contributed by atoms with E-state index in [1.54, 1.807) is 10.9 Å². The SMILES string of the molecule is O=C(Nc1cnoc1)c1cscn1. The molecule has 2 aromatic heterocycles. The zero-order chi connectivity index (χ0) is 9.10. The van der Waals surface area contributed by atoms with Gasteiger partial charge in [0.1, 0.15) is 17.6 Å². The number of nitrogens with zero attached hydrogens (tertiary/aromatic N) is 2. The van der Waals surface area contributed by atoms with Crippen LogP contribution < -0.4 is 5.32 Å². The first-order valence-electron chi connectivity index (χ1n) is 3.45. The molecule has 1 N–H and O–H groups in total. The number of rotatable bonds is 2. The minimum absolute atomic E-state index is 0.260. The Hall–Kier alpha value is -1.69. The lowest BCUT2D eigenvalue weighted by Gasteiger charge is -1.95. The molecule has 0 fully saturated rings. The first-order valence-corrected chi connectivity index (χ1v) is 4.39. The van der Waals surface area contributed by atoms with E-state index in [0.717, 1.165) is 0 Å². The molecule has 0 unspecified atom stereocenters. The molecule has 0 aliphatic heterocycles. The predicted octanol–water partition coefficient (Wildman–Crippen LogP) is 1.38. The van der Waals surface area contributed by atoms with E-state index >= 15 is 0 Å². The lowest BCUT2D eigenvalue weighted by molar-refractivity contribution is 0.102. The van der Waals surface area contributed by atoms with Gasteiger partial charge < -0.3 is 9.84 Å². The molecular weight excluding hydrogens is 190 g/mol. The summed E-state index contributed by atoms with van der Waals surface area (Å²) >= 11 is 1.37. The first kappa shape index (κ1) is 7.93. The summed E-state index contributed by atoms with van der Waals surface area (Å²) in [6.45, 7) is 0. The van der Waals surface area contributed by atoms with Crippen LogP contribution in [0, 0.1) is 0 Å². The molecule has 0 spiro atoms. The summed E-state index contributed by atoms with van der Waals surface area (Å²) < 4.78 is 4.55. The van der Waals surface area contributed by atoms with Gasteiger partial charge in [0.25, 0.3) is 5.91 Å². The second-order valence-electron chi connectivity index (χ2n) is 2.24. The molecule has 2 rings (SSSR count). The molecule has 0 aliphatic rings. The molecule has 0 saturated heterocycles. The fraction of sp³-hybridized carbons (Fsp3) is 0. The van der Waals surface area contributed by atoms with Gasteiger partial charge in [0.2, 0.25) is 0 Å². The van der Waals surface area contributed by atoms with E-state index in [9.17, 15) is 4.79 Å². The molecule has 66 valence electrons. The Kier molecular flexibility index (Phi) is 2.05. The number of aromatic nitrogens is 2. The Balaban J connectivity index is 2.08. The number of carbonyl (C=O) groups is 1. The van der Waals surface area contributed by atoms with Crippen LogP contribution in [-0.2, 0) is 0 Å². The summed E-state index contributed by atoms with van der Waals surface area (Å²) in [6, 6.07) is 0. The van der Waals surface area contributed by atoms with Gasteiger partial charge in [-0.25, -0.2) is 4.98 Å². The Morgan fingerprint density at radius 1 is 1.62 bits per heavy atom. The molecule has 13 heavy (non-hydrogen) atoms. The van der Waals surface area contributed by atoms with E-state index in [-0.39, 0.29) is 5.91 Å². The lowest BCUT2D eigenvalue weighted by Crippen LogP contribution is -2.11. The molecule has 0 aromatic carbocycles. The molecule has 2 aromatic rings. The maximum Gasteiger partial charge on any atom is 0.275 e. The van der Waals surface area contributed by atoms with Crippen LogP contribution in [0.25, 0.3) is 0 Å². The average molecular weight is 195 g/mol. The summed E-state index contributed by atoms with van der Waals surface area (Å²) in [5.41, 5.74) is 2.52. The third-order valence-electron chi connectivity index (χ3n) is 1.36. The van der Waals surface area contributed by atoms with Gasteiger partial charge in [-0.1, -0.05) is 5.16 Å². The van der Waals surface area contributed by atoms with Crippen molar-refractivity contribution in [2.45, 2.75) is 0 Å². The zero-order valence-electron chi connectivity index (χ0n) is 6.43. The summed E-state index contributed by atoms with van der Waals surface area (Å²) in [5.74, 6) is -0.260. The number of amides is 1. The summed E-state index contributed by atoms with van der Waals surface area (Å²) in [5, 5.41) is 7.69. The van der Waals surface area contributed by atoms with Crippen molar-refractivity contribution in [2.75, 3.05) is 5.32 Å². The van der Waals surface area contributed by atoms with Gasteiger partial charge in [0, 0.05) is 5.38 Å². The monoisotopic (exact) mass is 195 g/mol. The summed E-state index contributed by atoms with van der Waals surface area (Å²) in [6.07, 6.45) is 2.77. The highest BCUT2D eigenvalue weighted by Crippen LogP contribution is 2.07. The molecule has 0 radical (unpaired) electrons. The van der Waals surface area contributed by atoms with Gasteiger partial charge in [0.15, 0.2) is 0 Å². The first-order chi connectivity index (χ1) is 6.36. The van der Waals surface area contributed by atoms with Crippen LogP contribution in [0.1, 0.15) is 10.5 Å². The Labute approximate surface area is 77.4 Å². The molecule has 0 aliphatic carbocycles. The number of anilines is 1. The molecule has 0 saturated carbocycles. The number of nitrogens with one attached hydrogen (secondary N) is 1. The van der Waals surface area contributed by atoms with Crippen LogP contribution in [0.4, 0.5) is 5.69 Å². The van der Waals surface area contributed by atoms with Crippen LogP contribution in [-0.4, -0.2) is 16.0 Å². The lowest BCUT2D eigenvalue weighted by atomic mass is 10.4. The quantitative estimate of drug-likeness (QED) is 0.786. The molecule has 0 bridgehead atoms. The van der Waals surface area contributed by atoms with E-state index in [1.165, 1.54) is 23.8 Å². The highest BCUT2D eigenvalue weighted by Gasteiger charge is 2.08. The van der Waals surface area contributed by atoms with Crippen molar-refractivity contribution in [3.8, 4) is 0 Å². The topological polar surface area (TPSA) is 68.0 Å². The van der Waals surface area contributed by atoms with Crippen molar-refractivity contribution < 1.29 is 9.32 Å². The molecule has 6 heteroatoms. The van der Waals surface area contributed by atoms with Crippen LogP contribution in [0.5, 0.6) is 0 Å². The van der Waals surface area contributed by atoms with Gasteiger partial charge in [-0.05, 0) is 0 Å². The van der Waals surface area contributed by atoms with Gasteiger partial charge in [-0.3, -0.25) is 4.79 Å². The molecule has 1 amide bonds. The van der Waals surface area contributed by atoms with E-state index < -0.39 is 0 Å².